The molecule has 0 fully saturated rings. The molecule has 1 aliphatic rings. The van der Waals surface area contributed by atoms with Crippen molar-refractivity contribution in [3.8, 4) is 11.4 Å². The number of fused-ring (bicyclic) bond motifs is 6. The quantitative estimate of drug-likeness (QED) is 0.156. The van der Waals surface area contributed by atoms with E-state index in [2.05, 4.69) is 175 Å². The summed E-state index contributed by atoms with van der Waals surface area (Å²) >= 11 is 0. The maximum absolute atomic E-state index is 7.05. The molecule has 0 aliphatic carbocycles. The van der Waals surface area contributed by atoms with Crippen molar-refractivity contribution in [2.45, 2.75) is 79.4 Å². The van der Waals surface area contributed by atoms with Crippen molar-refractivity contribution in [1.82, 2.24) is 14.1 Å². The zero-order valence-corrected chi connectivity index (χ0v) is 35.3. The fraction of sp³-hybridized carbons (Fsp3) is 0.265. The van der Waals surface area contributed by atoms with E-state index < -0.39 is 11.1 Å². The summed E-state index contributed by atoms with van der Waals surface area (Å²) in [6.07, 6.45) is 1.88. The molecule has 0 unspecified atom stereocenters. The Balaban J connectivity index is 0.00000427. The Morgan fingerprint density at radius 1 is 0.691 bits per heavy atom. The summed E-state index contributed by atoms with van der Waals surface area (Å²) in [5.41, 5.74) is 11.6. The van der Waals surface area contributed by atoms with E-state index in [1.165, 1.54) is 21.9 Å². The number of pyridine rings is 1. The summed E-state index contributed by atoms with van der Waals surface area (Å²) in [4.78, 5) is 10.4. The third-order valence-electron chi connectivity index (χ3n) is 12.2. The molecular formula is C49H46N4OPt. The van der Waals surface area contributed by atoms with Crippen LogP contribution in [0, 0.1) is 38.8 Å². The Morgan fingerprint density at radius 2 is 1.42 bits per heavy atom. The molecule has 55 heavy (non-hydrogen) atoms. The molecule has 0 amide bonds. The first kappa shape index (κ1) is 37.0. The van der Waals surface area contributed by atoms with Crippen LogP contribution in [0.1, 0.15) is 80.8 Å². The average molecular weight is 902 g/mol. The van der Waals surface area contributed by atoms with Gasteiger partial charge >= 0.3 is 21.1 Å². The Labute approximate surface area is 338 Å². The van der Waals surface area contributed by atoms with E-state index in [9.17, 15) is 0 Å². The third-order valence-corrected chi connectivity index (χ3v) is 12.2. The molecule has 9 rings (SSSR count). The van der Waals surface area contributed by atoms with Gasteiger partial charge in [-0.15, -0.1) is 40.8 Å². The van der Waals surface area contributed by atoms with E-state index >= 15 is 0 Å². The predicted molar refractivity (Wildman–Crippen MR) is 224 cm³/mol. The van der Waals surface area contributed by atoms with Crippen LogP contribution in [0.2, 0.25) is 0 Å². The summed E-state index contributed by atoms with van der Waals surface area (Å²) in [6, 6.07) is 42.7. The van der Waals surface area contributed by atoms with E-state index in [1.54, 1.807) is 0 Å². The zero-order valence-electron chi connectivity index (χ0n) is 33.0. The van der Waals surface area contributed by atoms with Gasteiger partial charge in [0.25, 0.3) is 0 Å². The largest absolute Gasteiger partial charge is 2.00 e. The van der Waals surface area contributed by atoms with Crippen molar-refractivity contribution in [3.05, 3.63) is 149 Å². The SMILES string of the molecule is Cc1ccc2c(c1)c1ccc(-n3c4ccc(C(C)C)cc4c4cccnc43)[c-]c1n2-c1[c-]c(C2=N[C@](C)(C(C)C)[C@@](C)(c3ccccc3)O2)c(C)cc1C.[Pt+2]. The van der Waals surface area contributed by atoms with Crippen molar-refractivity contribution >= 4 is 49.6 Å². The van der Waals surface area contributed by atoms with Crippen LogP contribution in [0.5, 0.6) is 0 Å². The van der Waals surface area contributed by atoms with Gasteiger partial charge in [0, 0.05) is 22.5 Å². The molecule has 0 spiro atoms. The number of aromatic nitrogens is 3. The number of nitrogens with zero attached hydrogens (tertiary/aromatic N) is 4. The Morgan fingerprint density at radius 3 is 2.16 bits per heavy atom. The molecule has 278 valence electrons. The first-order chi connectivity index (χ1) is 25.9. The van der Waals surface area contributed by atoms with Gasteiger partial charge in [0.2, 0.25) is 0 Å². The Hall–Kier alpha value is -4.99. The molecule has 0 bridgehead atoms. The Bertz CT molecular complexity index is 2830. The van der Waals surface area contributed by atoms with Crippen molar-refractivity contribution in [3.63, 3.8) is 0 Å². The molecule has 2 atom stereocenters. The van der Waals surface area contributed by atoms with E-state index in [0.717, 1.165) is 66.6 Å². The smallest absolute Gasteiger partial charge is 0.508 e. The second-order valence-corrected chi connectivity index (χ2v) is 16.2. The van der Waals surface area contributed by atoms with Gasteiger partial charge in [-0.2, -0.15) is 6.07 Å². The van der Waals surface area contributed by atoms with Gasteiger partial charge in [0.1, 0.15) is 17.1 Å². The van der Waals surface area contributed by atoms with Crippen LogP contribution in [0.25, 0.3) is 55.1 Å². The first-order valence-electron chi connectivity index (χ1n) is 19.1. The summed E-state index contributed by atoms with van der Waals surface area (Å²) in [7, 11) is 0. The summed E-state index contributed by atoms with van der Waals surface area (Å²) in [6.45, 7) is 19.8. The van der Waals surface area contributed by atoms with Crippen molar-refractivity contribution in [2.75, 3.05) is 0 Å². The molecule has 1 aliphatic heterocycles. The van der Waals surface area contributed by atoms with Crippen LogP contribution in [0.3, 0.4) is 0 Å². The topological polar surface area (TPSA) is 44.3 Å². The molecule has 0 N–H and O–H groups in total. The summed E-state index contributed by atoms with van der Waals surface area (Å²) < 4.78 is 11.6. The number of aliphatic imine (C=N–C) groups is 1. The van der Waals surface area contributed by atoms with Gasteiger partial charge in [-0.05, 0) is 85.1 Å². The molecular weight excluding hydrogens is 856 g/mol. The van der Waals surface area contributed by atoms with Crippen LogP contribution >= 0.6 is 0 Å². The molecule has 3 aromatic heterocycles. The molecule has 0 saturated heterocycles. The van der Waals surface area contributed by atoms with Crippen molar-refractivity contribution in [2.24, 2.45) is 10.9 Å². The van der Waals surface area contributed by atoms with Crippen LogP contribution in [0.15, 0.2) is 108 Å². The number of hydrogen-bond acceptors (Lipinski definition) is 3. The number of aryl methyl sites for hydroxylation is 3. The van der Waals surface area contributed by atoms with E-state index in [4.69, 9.17) is 14.7 Å². The second kappa shape index (κ2) is 13.3. The van der Waals surface area contributed by atoms with Gasteiger partial charge in [0.15, 0.2) is 0 Å². The van der Waals surface area contributed by atoms with Crippen LogP contribution < -0.4 is 0 Å². The molecule has 6 heteroatoms. The van der Waals surface area contributed by atoms with Gasteiger partial charge in [-0.25, -0.2) is 4.98 Å². The van der Waals surface area contributed by atoms with Crippen molar-refractivity contribution in [1.29, 1.82) is 0 Å². The minimum absolute atomic E-state index is 0. The first-order valence-corrected chi connectivity index (χ1v) is 19.1. The monoisotopic (exact) mass is 901 g/mol. The van der Waals surface area contributed by atoms with Gasteiger partial charge < -0.3 is 13.9 Å². The minimum Gasteiger partial charge on any atom is -0.508 e. The van der Waals surface area contributed by atoms with Crippen LogP contribution in [0.4, 0.5) is 0 Å². The number of ether oxygens (including phenoxy) is 1. The molecule has 5 nitrogen and oxygen atoms in total. The molecule has 5 aromatic carbocycles. The van der Waals surface area contributed by atoms with Gasteiger partial charge in [-0.1, -0.05) is 112 Å². The maximum atomic E-state index is 7.05. The van der Waals surface area contributed by atoms with E-state index in [-0.39, 0.29) is 27.0 Å². The van der Waals surface area contributed by atoms with E-state index in [0.29, 0.717) is 11.8 Å². The minimum atomic E-state index is -0.650. The fourth-order valence-corrected chi connectivity index (χ4v) is 8.64. The summed E-state index contributed by atoms with van der Waals surface area (Å²) in [5, 5.41) is 4.67. The third kappa shape index (κ3) is 5.52. The molecule has 4 heterocycles. The molecule has 0 saturated carbocycles. The average Bonchev–Trinajstić information content (AvgIpc) is 3.76. The standard InChI is InChI=1S/C49H46N4O.Pt/c1-29(2)34-18-22-42-41(26-34)38-16-13-23-50-46(38)52(42)36-19-20-37-40-24-31(5)17-21-43(40)53(45(37)27-36)44-28-39(32(6)25-33(44)7)47-51-48(8,30(3)4)49(9,54-47)35-14-11-10-12-15-35;/h10-26,29-30H,1-9H3;/q-2;+2/t48-,49-;/m1./s1. The normalized spacial score (nSPS) is 18.5. The molecule has 8 aromatic rings. The van der Waals surface area contributed by atoms with Crippen LogP contribution in [-0.4, -0.2) is 25.6 Å². The summed E-state index contributed by atoms with van der Waals surface area (Å²) in [5.74, 6) is 1.29. The maximum Gasteiger partial charge on any atom is 2.00 e. The second-order valence-electron chi connectivity index (χ2n) is 16.2. The van der Waals surface area contributed by atoms with E-state index in [1.807, 2.05) is 12.3 Å². The fourth-order valence-electron chi connectivity index (χ4n) is 8.64. The molecule has 0 radical (unpaired) electrons. The Kier molecular flexibility index (Phi) is 8.97. The van der Waals surface area contributed by atoms with Gasteiger partial charge in [0.05, 0.1) is 11.1 Å². The van der Waals surface area contributed by atoms with Gasteiger partial charge in [-0.3, -0.25) is 4.99 Å². The van der Waals surface area contributed by atoms with Crippen molar-refractivity contribution < 1.29 is 25.8 Å². The van der Waals surface area contributed by atoms with Crippen LogP contribution in [-0.2, 0) is 31.4 Å². The number of rotatable bonds is 6. The predicted octanol–water partition coefficient (Wildman–Crippen LogP) is 12.0. The number of hydrogen-bond donors (Lipinski definition) is 0. The zero-order chi connectivity index (χ0) is 37.7. The number of benzene rings is 5.